The zero-order chi connectivity index (χ0) is 48.7. The van der Waals surface area contributed by atoms with Crippen LogP contribution in [0, 0.1) is 12.3 Å². The number of fused-ring (bicyclic) bond motifs is 4. The van der Waals surface area contributed by atoms with Gasteiger partial charge in [-0.05, 0) is 88.4 Å². The maximum atomic E-state index is 5.51. The zero-order valence-electron chi connectivity index (χ0n) is 40.5. The fourth-order valence-corrected chi connectivity index (χ4v) is 10.9. The van der Waals surface area contributed by atoms with Crippen molar-refractivity contribution in [3.8, 4) is 22.5 Å². The van der Waals surface area contributed by atoms with Gasteiger partial charge in [0.2, 0.25) is 0 Å². The van der Waals surface area contributed by atoms with Crippen LogP contribution in [0.25, 0.3) is 73.1 Å². The van der Waals surface area contributed by atoms with Gasteiger partial charge in [-0.15, -0.1) is 0 Å². The number of rotatable bonds is 9. The van der Waals surface area contributed by atoms with Crippen LogP contribution in [-0.4, -0.2) is 20.7 Å². The minimum atomic E-state index is -0.587. The Morgan fingerprint density at radius 3 is 1.82 bits per heavy atom. The molecule has 0 aliphatic heterocycles. The Morgan fingerprint density at radius 2 is 1.18 bits per heavy atom. The first-order valence-electron chi connectivity index (χ1n) is 24.8. The Bertz CT molecular complexity index is 3980. The van der Waals surface area contributed by atoms with Gasteiger partial charge in [0.05, 0.1) is 44.7 Å². The summed E-state index contributed by atoms with van der Waals surface area (Å²) in [5.74, 6) is 0. The number of aryl methyl sites for hydroxylation is 1. The molecule has 0 bridgehead atoms. The van der Waals surface area contributed by atoms with E-state index >= 15 is 0 Å². The summed E-state index contributed by atoms with van der Waals surface area (Å²) in [6.07, 6.45) is 16.9. The first-order chi connectivity index (χ1) is 35.3. The van der Waals surface area contributed by atoms with Crippen LogP contribution >= 0.6 is 0 Å². The highest BCUT2D eigenvalue weighted by Crippen LogP contribution is 2.46. The van der Waals surface area contributed by atoms with Gasteiger partial charge in [0.1, 0.15) is 0 Å². The quantitative estimate of drug-likeness (QED) is 0.107. The normalized spacial score (nSPS) is 16.6. The number of allylic oxidation sites excluding steroid dienone is 7. The molecule has 7 aromatic carbocycles. The van der Waals surface area contributed by atoms with E-state index in [-0.39, 0.29) is 0 Å². The van der Waals surface area contributed by atoms with E-state index in [1.54, 1.807) is 0 Å². The van der Waals surface area contributed by atoms with Gasteiger partial charge in [-0.3, -0.25) is 4.99 Å². The van der Waals surface area contributed by atoms with Gasteiger partial charge in [-0.1, -0.05) is 220 Å². The topological polar surface area (TPSA) is 51.0 Å². The average molecular weight is 925 g/mol. The van der Waals surface area contributed by atoms with Crippen LogP contribution in [0.15, 0.2) is 248 Å². The Balaban J connectivity index is 0.895. The van der Waals surface area contributed by atoms with Crippen molar-refractivity contribution in [2.75, 3.05) is 0 Å². The van der Waals surface area contributed by atoms with Crippen molar-refractivity contribution in [3.05, 3.63) is 287 Å². The molecular formula is C68H52N4. The van der Waals surface area contributed by atoms with E-state index < -0.39 is 10.8 Å². The molecule has 4 nitrogen and oxygen atoms in total. The van der Waals surface area contributed by atoms with Crippen molar-refractivity contribution in [3.63, 3.8) is 0 Å². The lowest BCUT2D eigenvalue weighted by Crippen LogP contribution is -2.37. The van der Waals surface area contributed by atoms with Crippen LogP contribution in [0.5, 0.6) is 0 Å². The van der Waals surface area contributed by atoms with Crippen LogP contribution in [-0.2, 0) is 5.41 Å². The lowest BCUT2D eigenvalue weighted by Gasteiger charge is -2.38. The number of aromatic nitrogens is 3. The summed E-state index contributed by atoms with van der Waals surface area (Å²) in [4.78, 5) is 21.1. The lowest BCUT2D eigenvalue weighted by molar-refractivity contribution is 0.567. The van der Waals surface area contributed by atoms with Crippen LogP contribution in [0.4, 0.5) is 0 Å². The molecule has 344 valence electrons. The third kappa shape index (κ3) is 8.01. The standard InChI is InChI=1S/C68H52N4/c1-46-18-16-17-27-59(46)68(54-21-10-5-11-22-54,55-23-12-6-13-24-55)56-34-35-58(47(2)44-56)66(69-57-25-14-7-15-26-57)67(3)42-40-49(41-43-67)60-38-32-52-45-53(33-39-62(52)70-60)63-37-31-51-29-28-50-30-36-61(48-19-8-4-9-20-48)71-64(50)65(51)72-63/h4-25,27-42,44-45H,2,26,43H2,1,3H3/b66-58-,69-57-. The molecule has 0 N–H and O–H groups in total. The summed E-state index contributed by atoms with van der Waals surface area (Å²) in [7, 11) is 0. The maximum Gasteiger partial charge on any atom is 0.0972 e. The van der Waals surface area contributed by atoms with Crippen molar-refractivity contribution in [1.82, 2.24) is 15.0 Å². The first kappa shape index (κ1) is 44.4. The summed E-state index contributed by atoms with van der Waals surface area (Å²) in [5, 5.41) is 5.17. The number of aliphatic imine (C=N–C) groups is 1. The predicted molar refractivity (Wildman–Crippen MR) is 301 cm³/mol. The molecule has 0 radical (unpaired) electrons. The Morgan fingerprint density at radius 1 is 0.556 bits per heavy atom. The van der Waals surface area contributed by atoms with Gasteiger partial charge in [0, 0.05) is 50.1 Å². The molecule has 3 aromatic heterocycles. The minimum absolute atomic E-state index is 0.423. The van der Waals surface area contributed by atoms with Crippen molar-refractivity contribution in [1.29, 1.82) is 0 Å². The average Bonchev–Trinajstić information content (AvgIpc) is 3.44. The fourth-order valence-electron chi connectivity index (χ4n) is 10.9. The molecule has 0 fully saturated rings. The second-order valence-electron chi connectivity index (χ2n) is 19.3. The van der Waals surface area contributed by atoms with Gasteiger partial charge in [-0.25, -0.2) is 15.0 Å². The highest BCUT2D eigenvalue weighted by atomic mass is 14.8. The number of hydrogen-bond acceptors (Lipinski definition) is 4. The summed E-state index contributed by atoms with van der Waals surface area (Å²) in [6, 6.07) is 71.3. The zero-order valence-corrected chi connectivity index (χ0v) is 40.5. The highest BCUT2D eigenvalue weighted by molar-refractivity contribution is 6.04. The summed E-state index contributed by atoms with van der Waals surface area (Å²) < 4.78 is 0. The SMILES string of the molecule is C=c1cc(C(c2ccccc2)(c2ccccc2)c2ccccc2C)cc/c1=C(/N=C1/C=CC=CC1)C1(C)C=CC(c2ccc3cc(-c4ccc5ccc6ccc(-c7ccccc7)nc6c5n4)ccc3n2)=CC1. The fraction of sp³-hybridized carbons (Fsp3) is 0.0882. The largest absolute Gasteiger partial charge is 0.256 e. The third-order valence-electron chi connectivity index (χ3n) is 14.7. The second-order valence-corrected chi connectivity index (χ2v) is 19.3. The van der Waals surface area contributed by atoms with Gasteiger partial charge in [0.15, 0.2) is 0 Å². The maximum absolute atomic E-state index is 5.51. The number of benzene rings is 7. The van der Waals surface area contributed by atoms with Gasteiger partial charge < -0.3 is 0 Å². The molecule has 72 heavy (non-hydrogen) atoms. The molecule has 0 saturated heterocycles. The smallest absolute Gasteiger partial charge is 0.0972 e. The summed E-state index contributed by atoms with van der Waals surface area (Å²) >= 11 is 0. The molecule has 1 unspecified atom stereocenters. The molecular weight excluding hydrogens is 873 g/mol. The van der Waals surface area contributed by atoms with Crippen molar-refractivity contribution in [2.45, 2.75) is 32.1 Å². The molecule has 3 heterocycles. The molecule has 0 spiro atoms. The van der Waals surface area contributed by atoms with Gasteiger partial charge in [0.25, 0.3) is 0 Å². The Labute approximate surface area is 420 Å². The van der Waals surface area contributed by atoms with Gasteiger partial charge >= 0.3 is 0 Å². The van der Waals surface area contributed by atoms with Crippen LogP contribution in [0.3, 0.4) is 0 Å². The molecule has 2 aliphatic carbocycles. The predicted octanol–water partition coefficient (Wildman–Crippen LogP) is 14.9. The third-order valence-corrected chi connectivity index (χ3v) is 14.7. The van der Waals surface area contributed by atoms with Gasteiger partial charge in [-0.2, -0.15) is 0 Å². The molecule has 1 atom stereocenters. The van der Waals surface area contributed by atoms with Crippen LogP contribution in [0.1, 0.15) is 53.3 Å². The summed E-state index contributed by atoms with van der Waals surface area (Å²) in [5.41, 5.74) is 15.8. The van der Waals surface area contributed by atoms with Crippen molar-refractivity contribution < 1.29 is 0 Å². The number of nitrogens with zero attached hydrogens (tertiary/aromatic N) is 4. The highest BCUT2D eigenvalue weighted by Gasteiger charge is 2.39. The van der Waals surface area contributed by atoms with Crippen molar-refractivity contribution in [2.24, 2.45) is 10.4 Å². The molecule has 2 aliphatic rings. The van der Waals surface area contributed by atoms with E-state index in [0.717, 1.165) is 107 Å². The van der Waals surface area contributed by atoms with E-state index in [9.17, 15) is 0 Å². The van der Waals surface area contributed by atoms with Crippen LogP contribution in [0.2, 0.25) is 0 Å². The van der Waals surface area contributed by atoms with Crippen LogP contribution < -0.4 is 10.4 Å². The summed E-state index contributed by atoms with van der Waals surface area (Å²) in [6.45, 7) is 9.33. The minimum Gasteiger partial charge on any atom is -0.256 e. The Kier molecular flexibility index (Phi) is 11.4. The van der Waals surface area contributed by atoms with E-state index in [0.29, 0.717) is 0 Å². The lowest BCUT2D eigenvalue weighted by atomic mass is 9.64. The number of hydrogen-bond donors (Lipinski definition) is 0. The molecule has 4 heteroatoms. The van der Waals surface area contributed by atoms with E-state index in [2.05, 4.69) is 238 Å². The molecule has 0 amide bonds. The van der Waals surface area contributed by atoms with E-state index in [4.69, 9.17) is 26.5 Å². The Hall–Kier alpha value is -8.86. The monoisotopic (exact) mass is 924 g/mol. The first-order valence-corrected chi connectivity index (χ1v) is 24.8. The molecule has 10 aromatic rings. The molecule has 12 rings (SSSR count). The second kappa shape index (κ2) is 18.5. The van der Waals surface area contributed by atoms with Crippen molar-refractivity contribution >= 4 is 56.3 Å². The number of pyridine rings is 3. The van der Waals surface area contributed by atoms with E-state index in [1.165, 1.54) is 22.3 Å². The molecule has 0 saturated carbocycles. The van der Waals surface area contributed by atoms with E-state index in [1.807, 2.05) is 18.2 Å².